The van der Waals surface area contributed by atoms with Crippen molar-refractivity contribution in [2.24, 2.45) is 5.73 Å². The molecule has 2 nitrogen and oxygen atoms in total. The van der Waals surface area contributed by atoms with Crippen molar-refractivity contribution < 1.29 is 18.3 Å². The molecule has 1 aromatic rings. The zero-order valence-corrected chi connectivity index (χ0v) is 12.0. The molecule has 1 rings (SSSR count). The van der Waals surface area contributed by atoms with Crippen molar-refractivity contribution >= 4 is 28.3 Å². The van der Waals surface area contributed by atoms with Crippen molar-refractivity contribution in [1.29, 1.82) is 0 Å². The molecule has 0 saturated carbocycles. The van der Waals surface area contributed by atoms with E-state index < -0.39 is 23.5 Å². The Morgan fingerprint density at radius 3 is 2.39 bits per heavy atom. The fourth-order valence-electron chi connectivity index (χ4n) is 1.59. The molecule has 0 radical (unpaired) electrons. The minimum atomic E-state index is -4.59. The van der Waals surface area contributed by atoms with Crippen LogP contribution in [0.25, 0.3) is 0 Å². The van der Waals surface area contributed by atoms with Crippen molar-refractivity contribution in [2.75, 3.05) is 0 Å². The van der Waals surface area contributed by atoms with Gasteiger partial charge in [-0.3, -0.25) is 0 Å². The molecule has 1 atom stereocenters. The molecule has 0 aliphatic carbocycles. The first-order valence-corrected chi connectivity index (χ1v) is 5.91. The first kappa shape index (κ1) is 17.5. The molecule has 104 valence electrons. The Kier molecular flexibility index (Phi) is 6.46. The van der Waals surface area contributed by atoms with Crippen LogP contribution in [-0.4, -0.2) is 5.11 Å². The molecule has 1 aromatic carbocycles. The molecule has 0 spiro atoms. The molecule has 0 aliphatic rings. The Morgan fingerprint density at radius 2 is 1.94 bits per heavy atom. The number of hydrogen-bond donors (Lipinski definition) is 2. The highest BCUT2D eigenvalue weighted by molar-refractivity contribution is 9.10. The predicted octanol–water partition coefficient (Wildman–Crippen LogP) is 4.40. The van der Waals surface area contributed by atoms with Gasteiger partial charge in [-0.1, -0.05) is 29.3 Å². The van der Waals surface area contributed by atoms with Gasteiger partial charge in [-0.15, -0.1) is 12.4 Å². The minimum Gasteiger partial charge on any atom is -0.507 e. The van der Waals surface area contributed by atoms with Gasteiger partial charge >= 0.3 is 6.18 Å². The third kappa shape index (κ3) is 4.03. The number of benzene rings is 1. The van der Waals surface area contributed by atoms with Crippen LogP contribution in [0.3, 0.4) is 0 Å². The Balaban J connectivity index is 0.00000289. The maximum Gasteiger partial charge on any atom is 0.420 e. The fourth-order valence-corrected chi connectivity index (χ4v) is 2.06. The van der Waals surface area contributed by atoms with Gasteiger partial charge in [-0.05, 0) is 18.6 Å². The highest BCUT2D eigenvalue weighted by Crippen LogP contribution is 2.41. The van der Waals surface area contributed by atoms with Crippen molar-refractivity contribution in [2.45, 2.75) is 32.0 Å². The van der Waals surface area contributed by atoms with Crippen LogP contribution < -0.4 is 5.73 Å². The number of phenols is 1. The van der Waals surface area contributed by atoms with Gasteiger partial charge in [0.1, 0.15) is 5.75 Å². The summed E-state index contributed by atoms with van der Waals surface area (Å²) in [5, 5.41) is 9.63. The maximum atomic E-state index is 12.6. The first-order valence-electron chi connectivity index (χ1n) is 5.12. The second-order valence-electron chi connectivity index (χ2n) is 3.78. The van der Waals surface area contributed by atoms with E-state index in [1.165, 1.54) is 6.07 Å². The Labute approximate surface area is 118 Å². The number of nitrogens with two attached hydrogens (primary N) is 1. The summed E-state index contributed by atoms with van der Waals surface area (Å²) in [6.07, 6.45) is -3.34. The average molecular weight is 349 g/mol. The van der Waals surface area contributed by atoms with Gasteiger partial charge in [0.05, 0.1) is 5.56 Å². The third-order valence-electron chi connectivity index (χ3n) is 2.41. The Morgan fingerprint density at radius 1 is 1.39 bits per heavy atom. The van der Waals surface area contributed by atoms with E-state index in [1.807, 2.05) is 6.92 Å². The average Bonchev–Trinajstić information content (AvgIpc) is 2.19. The lowest BCUT2D eigenvalue weighted by molar-refractivity contribution is -0.138. The molecular formula is C11H14BrClF3NO. The highest BCUT2D eigenvalue weighted by Gasteiger charge is 2.35. The number of phenolic OH excluding ortho intramolecular Hbond substituents is 1. The number of hydrogen-bond acceptors (Lipinski definition) is 2. The van der Waals surface area contributed by atoms with Gasteiger partial charge in [0.25, 0.3) is 0 Å². The first-order chi connectivity index (χ1) is 7.77. The van der Waals surface area contributed by atoms with Gasteiger partial charge in [-0.25, -0.2) is 0 Å². The molecule has 0 unspecified atom stereocenters. The van der Waals surface area contributed by atoms with Crippen LogP contribution in [0.1, 0.15) is 36.9 Å². The molecule has 0 aromatic heterocycles. The van der Waals surface area contributed by atoms with Crippen LogP contribution in [0.4, 0.5) is 13.2 Å². The van der Waals surface area contributed by atoms with Crippen LogP contribution in [0.5, 0.6) is 5.75 Å². The zero-order valence-electron chi connectivity index (χ0n) is 9.59. The summed E-state index contributed by atoms with van der Waals surface area (Å²) < 4.78 is 38.2. The van der Waals surface area contributed by atoms with Crippen LogP contribution in [0.2, 0.25) is 0 Å². The van der Waals surface area contributed by atoms with E-state index in [0.29, 0.717) is 6.42 Å². The smallest absolute Gasteiger partial charge is 0.420 e. The summed E-state index contributed by atoms with van der Waals surface area (Å²) in [5.41, 5.74) is 4.80. The number of rotatable bonds is 3. The lowest BCUT2D eigenvalue weighted by Gasteiger charge is -2.17. The molecule has 0 fully saturated rings. The number of halogens is 5. The molecule has 18 heavy (non-hydrogen) atoms. The monoisotopic (exact) mass is 347 g/mol. The van der Waals surface area contributed by atoms with E-state index in [0.717, 1.165) is 12.5 Å². The lowest BCUT2D eigenvalue weighted by Crippen LogP contribution is -2.13. The van der Waals surface area contributed by atoms with Crippen molar-refractivity contribution in [3.05, 3.63) is 27.7 Å². The van der Waals surface area contributed by atoms with Gasteiger partial charge in [-0.2, -0.15) is 13.2 Å². The summed E-state index contributed by atoms with van der Waals surface area (Å²) in [4.78, 5) is 0. The zero-order chi connectivity index (χ0) is 13.2. The van der Waals surface area contributed by atoms with Gasteiger partial charge < -0.3 is 10.8 Å². The lowest BCUT2D eigenvalue weighted by atomic mass is 9.99. The molecule has 0 amide bonds. The summed E-state index contributed by atoms with van der Waals surface area (Å²) in [5.74, 6) is -0.776. The molecule has 0 bridgehead atoms. The predicted molar refractivity (Wildman–Crippen MR) is 69.9 cm³/mol. The third-order valence-corrected chi connectivity index (χ3v) is 2.87. The summed E-state index contributed by atoms with van der Waals surface area (Å²) >= 11 is 2.99. The van der Waals surface area contributed by atoms with Gasteiger partial charge in [0, 0.05) is 16.1 Å². The molecule has 0 aliphatic heterocycles. The normalized spacial score (nSPS) is 13.0. The van der Waals surface area contributed by atoms with E-state index in [1.54, 1.807) is 0 Å². The fraction of sp³-hybridized carbons (Fsp3) is 0.455. The summed E-state index contributed by atoms with van der Waals surface area (Å²) in [7, 11) is 0. The van der Waals surface area contributed by atoms with E-state index in [2.05, 4.69) is 15.9 Å². The van der Waals surface area contributed by atoms with Crippen molar-refractivity contribution in [3.63, 3.8) is 0 Å². The van der Waals surface area contributed by atoms with Crippen LogP contribution in [0, 0.1) is 0 Å². The van der Waals surface area contributed by atoms with E-state index >= 15 is 0 Å². The van der Waals surface area contributed by atoms with Crippen molar-refractivity contribution in [3.8, 4) is 5.75 Å². The maximum absolute atomic E-state index is 12.6. The second kappa shape index (κ2) is 6.63. The Hall–Kier alpha value is -0.460. The molecule has 0 saturated heterocycles. The molecule has 3 N–H and O–H groups in total. The van der Waals surface area contributed by atoms with Crippen LogP contribution >= 0.6 is 28.3 Å². The SMILES string of the molecule is CCC[C@H](N)c1cc(Br)cc(C(F)(F)F)c1O.Cl. The van der Waals surface area contributed by atoms with Gasteiger partial charge in [0.2, 0.25) is 0 Å². The van der Waals surface area contributed by atoms with Crippen LogP contribution in [0.15, 0.2) is 16.6 Å². The van der Waals surface area contributed by atoms with Gasteiger partial charge in [0.15, 0.2) is 0 Å². The Bertz CT molecular complexity index is 412. The topological polar surface area (TPSA) is 46.2 Å². The highest BCUT2D eigenvalue weighted by atomic mass is 79.9. The number of alkyl halides is 3. The summed E-state index contributed by atoms with van der Waals surface area (Å²) in [6, 6.07) is 1.67. The van der Waals surface area contributed by atoms with E-state index in [9.17, 15) is 18.3 Å². The van der Waals surface area contributed by atoms with Crippen LogP contribution in [-0.2, 0) is 6.18 Å². The second-order valence-corrected chi connectivity index (χ2v) is 4.70. The molecule has 0 heterocycles. The molecule has 7 heteroatoms. The van der Waals surface area contributed by atoms with E-state index in [-0.39, 0.29) is 22.4 Å². The molecular weight excluding hydrogens is 334 g/mol. The summed E-state index contributed by atoms with van der Waals surface area (Å²) in [6.45, 7) is 1.87. The quantitative estimate of drug-likeness (QED) is 0.850. The van der Waals surface area contributed by atoms with Crippen molar-refractivity contribution in [1.82, 2.24) is 0 Å². The minimum absolute atomic E-state index is 0. The van der Waals surface area contributed by atoms with E-state index in [4.69, 9.17) is 5.73 Å². The standard InChI is InChI=1S/C11H13BrF3NO.ClH/c1-2-3-9(16)7-4-6(12)5-8(10(7)17)11(13,14)15;/h4-5,9,17H,2-3,16H2,1H3;1H/t9-;/m0./s1. The number of aromatic hydroxyl groups is 1. The largest absolute Gasteiger partial charge is 0.507 e.